The van der Waals surface area contributed by atoms with E-state index in [1.165, 1.54) is 6.07 Å². The smallest absolute Gasteiger partial charge is 0.170 e. The zero-order valence-electron chi connectivity index (χ0n) is 7.79. The number of nitrogens with one attached hydrogen (secondary N) is 1. The molecule has 74 valence electrons. The number of rotatable bonds is 2. The Balaban J connectivity index is 2.22. The highest BCUT2D eigenvalue weighted by molar-refractivity contribution is 5.98. The molecule has 0 aromatic heterocycles. The van der Waals surface area contributed by atoms with Crippen LogP contribution in [0.1, 0.15) is 16.8 Å². The van der Waals surface area contributed by atoms with Gasteiger partial charge in [-0.1, -0.05) is 12.1 Å². The van der Waals surface area contributed by atoms with Crippen molar-refractivity contribution in [3.8, 4) is 0 Å². The van der Waals surface area contributed by atoms with Crippen LogP contribution in [-0.4, -0.2) is 18.9 Å². The van der Waals surface area contributed by atoms with E-state index in [4.69, 9.17) is 0 Å². The lowest BCUT2D eigenvalue weighted by Gasteiger charge is -2.07. The van der Waals surface area contributed by atoms with Gasteiger partial charge in [0, 0.05) is 12.5 Å². The van der Waals surface area contributed by atoms with Gasteiger partial charge in [0.25, 0.3) is 0 Å². The van der Waals surface area contributed by atoms with E-state index in [9.17, 15) is 9.18 Å². The van der Waals surface area contributed by atoms with Gasteiger partial charge in [-0.2, -0.15) is 0 Å². The molecule has 0 radical (unpaired) electrons. The molecule has 1 aromatic rings. The third kappa shape index (κ3) is 1.68. The van der Waals surface area contributed by atoms with E-state index < -0.39 is 5.82 Å². The molecule has 14 heavy (non-hydrogen) atoms. The molecule has 2 rings (SSSR count). The van der Waals surface area contributed by atoms with Crippen LogP contribution in [0.15, 0.2) is 24.3 Å². The van der Waals surface area contributed by atoms with Crippen LogP contribution in [0.4, 0.5) is 4.39 Å². The first kappa shape index (κ1) is 9.34. The van der Waals surface area contributed by atoms with E-state index >= 15 is 0 Å². The predicted octanol–water partition coefficient (Wildman–Crippen LogP) is 1.62. The SMILES string of the molecule is O=C(c1ccccc1F)C1CCNC1. The molecule has 1 N–H and O–H groups in total. The molecule has 1 aromatic carbocycles. The fourth-order valence-corrected chi connectivity index (χ4v) is 1.76. The Morgan fingerprint density at radius 2 is 2.21 bits per heavy atom. The molecule has 1 aliphatic heterocycles. The Labute approximate surface area is 82.1 Å². The minimum absolute atomic E-state index is 0.0492. The monoisotopic (exact) mass is 193 g/mol. The van der Waals surface area contributed by atoms with Gasteiger partial charge < -0.3 is 5.32 Å². The minimum Gasteiger partial charge on any atom is -0.316 e. The lowest BCUT2D eigenvalue weighted by Crippen LogP contribution is -2.18. The van der Waals surface area contributed by atoms with Gasteiger partial charge in [0.1, 0.15) is 5.82 Å². The molecule has 3 heteroatoms. The Hall–Kier alpha value is -1.22. The number of hydrogen-bond acceptors (Lipinski definition) is 2. The summed E-state index contributed by atoms with van der Waals surface area (Å²) in [5.74, 6) is -0.538. The molecule has 1 unspecified atom stereocenters. The van der Waals surface area contributed by atoms with Crippen molar-refractivity contribution in [1.29, 1.82) is 0 Å². The first-order valence-electron chi connectivity index (χ1n) is 4.78. The summed E-state index contributed by atoms with van der Waals surface area (Å²) in [7, 11) is 0. The first-order valence-corrected chi connectivity index (χ1v) is 4.78. The average molecular weight is 193 g/mol. The lowest BCUT2D eigenvalue weighted by molar-refractivity contribution is 0.0926. The Morgan fingerprint density at radius 3 is 2.86 bits per heavy atom. The van der Waals surface area contributed by atoms with Crippen LogP contribution >= 0.6 is 0 Å². The van der Waals surface area contributed by atoms with Gasteiger partial charge in [-0.25, -0.2) is 4.39 Å². The molecule has 1 aliphatic rings. The Bertz CT molecular complexity index is 345. The Morgan fingerprint density at radius 1 is 1.43 bits per heavy atom. The number of carbonyl (C=O) groups excluding carboxylic acids is 1. The number of halogens is 1. The predicted molar refractivity (Wildman–Crippen MR) is 51.7 cm³/mol. The quantitative estimate of drug-likeness (QED) is 0.723. The number of benzene rings is 1. The molecule has 0 amide bonds. The van der Waals surface area contributed by atoms with Crippen molar-refractivity contribution in [2.45, 2.75) is 6.42 Å². The average Bonchev–Trinajstić information content (AvgIpc) is 2.70. The second-order valence-corrected chi connectivity index (χ2v) is 3.53. The highest BCUT2D eigenvalue weighted by atomic mass is 19.1. The van der Waals surface area contributed by atoms with Crippen LogP contribution in [0.2, 0.25) is 0 Å². The van der Waals surface area contributed by atoms with Crippen molar-refractivity contribution in [3.63, 3.8) is 0 Å². The summed E-state index contributed by atoms with van der Waals surface area (Å²) in [6.07, 6.45) is 0.813. The third-order valence-electron chi connectivity index (χ3n) is 2.57. The van der Waals surface area contributed by atoms with Gasteiger partial charge in [-0.05, 0) is 25.1 Å². The molecule has 0 bridgehead atoms. The zero-order valence-corrected chi connectivity index (χ0v) is 7.79. The normalized spacial score (nSPS) is 21.1. The highest BCUT2D eigenvalue weighted by Gasteiger charge is 2.25. The fraction of sp³-hybridized carbons (Fsp3) is 0.364. The van der Waals surface area contributed by atoms with Crippen molar-refractivity contribution in [1.82, 2.24) is 5.32 Å². The number of hydrogen-bond donors (Lipinski definition) is 1. The minimum atomic E-state index is -0.413. The zero-order chi connectivity index (χ0) is 9.97. The molecule has 1 saturated heterocycles. The summed E-state index contributed by atoms with van der Waals surface area (Å²) in [4.78, 5) is 11.8. The molecule has 1 fully saturated rings. The van der Waals surface area contributed by atoms with Crippen molar-refractivity contribution in [2.75, 3.05) is 13.1 Å². The van der Waals surface area contributed by atoms with Crippen LogP contribution in [0.3, 0.4) is 0 Å². The molecular weight excluding hydrogens is 181 g/mol. The maximum atomic E-state index is 13.3. The van der Waals surface area contributed by atoms with E-state index in [0.717, 1.165) is 13.0 Å². The van der Waals surface area contributed by atoms with Gasteiger partial charge >= 0.3 is 0 Å². The third-order valence-corrected chi connectivity index (χ3v) is 2.57. The van der Waals surface area contributed by atoms with E-state index in [0.29, 0.717) is 6.54 Å². The van der Waals surface area contributed by atoms with Crippen molar-refractivity contribution in [2.24, 2.45) is 5.92 Å². The summed E-state index contributed by atoms with van der Waals surface area (Å²) < 4.78 is 13.3. The van der Waals surface area contributed by atoms with Crippen molar-refractivity contribution >= 4 is 5.78 Å². The van der Waals surface area contributed by atoms with Gasteiger partial charge in [-0.3, -0.25) is 4.79 Å². The lowest BCUT2D eigenvalue weighted by atomic mass is 9.97. The van der Waals surface area contributed by atoms with Crippen LogP contribution in [0, 0.1) is 11.7 Å². The van der Waals surface area contributed by atoms with Crippen molar-refractivity contribution < 1.29 is 9.18 Å². The molecule has 0 saturated carbocycles. The fourth-order valence-electron chi connectivity index (χ4n) is 1.76. The summed E-state index contributed by atoms with van der Waals surface area (Å²) in [5, 5.41) is 3.10. The standard InChI is InChI=1S/C11H12FNO/c12-10-4-2-1-3-9(10)11(14)8-5-6-13-7-8/h1-4,8,13H,5-7H2. The first-order chi connectivity index (χ1) is 6.79. The summed E-state index contributed by atoms with van der Waals surface area (Å²) in [5.41, 5.74) is 0.223. The highest BCUT2D eigenvalue weighted by Crippen LogP contribution is 2.17. The molecule has 0 spiro atoms. The van der Waals surface area contributed by atoms with Crippen LogP contribution in [-0.2, 0) is 0 Å². The van der Waals surface area contributed by atoms with Crippen LogP contribution in [0.5, 0.6) is 0 Å². The van der Waals surface area contributed by atoms with Gasteiger partial charge in [-0.15, -0.1) is 0 Å². The van der Waals surface area contributed by atoms with E-state index in [2.05, 4.69) is 5.32 Å². The van der Waals surface area contributed by atoms with Crippen LogP contribution < -0.4 is 5.32 Å². The van der Waals surface area contributed by atoms with Crippen molar-refractivity contribution in [3.05, 3.63) is 35.6 Å². The molecule has 1 atom stereocenters. The number of ketones is 1. The van der Waals surface area contributed by atoms with Gasteiger partial charge in [0.15, 0.2) is 5.78 Å². The maximum absolute atomic E-state index is 13.3. The summed E-state index contributed by atoms with van der Waals surface area (Å²) >= 11 is 0. The Kier molecular flexibility index (Phi) is 2.59. The van der Waals surface area contributed by atoms with E-state index in [1.54, 1.807) is 18.2 Å². The molecule has 0 aliphatic carbocycles. The summed E-state index contributed by atoms with van der Waals surface area (Å²) in [6, 6.07) is 6.17. The van der Waals surface area contributed by atoms with Gasteiger partial charge in [0.2, 0.25) is 0 Å². The molecule has 2 nitrogen and oxygen atoms in total. The summed E-state index contributed by atoms with van der Waals surface area (Å²) in [6.45, 7) is 1.53. The van der Waals surface area contributed by atoms with Crippen LogP contribution in [0.25, 0.3) is 0 Å². The second kappa shape index (κ2) is 3.88. The molecular formula is C11H12FNO. The largest absolute Gasteiger partial charge is 0.316 e. The second-order valence-electron chi connectivity index (χ2n) is 3.53. The molecule has 1 heterocycles. The maximum Gasteiger partial charge on any atom is 0.170 e. The van der Waals surface area contributed by atoms with Gasteiger partial charge in [0.05, 0.1) is 5.56 Å². The number of Topliss-reactive ketones (excluding diaryl/α,β-unsaturated/α-hetero) is 1. The number of carbonyl (C=O) groups is 1. The van der Waals surface area contributed by atoms with E-state index in [-0.39, 0.29) is 17.3 Å². The topological polar surface area (TPSA) is 29.1 Å². The van der Waals surface area contributed by atoms with E-state index in [1.807, 2.05) is 0 Å².